The molecule has 3 aromatic heterocycles. The number of aromatic amines is 1. The number of hydrogen-bond acceptors (Lipinski definition) is 6. The molecule has 0 saturated carbocycles. The number of thiophene rings is 1. The van der Waals surface area contributed by atoms with Crippen LogP contribution in [0.1, 0.15) is 25.7 Å². The third kappa shape index (κ3) is 3.66. The molecule has 10 heteroatoms. The van der Waals surface area contributed by atoms with Gasteiger partial charge in [-0.3, -0.25) is 4.57 Å². The van der Waals surface area contributed by atoms with Crippen molar-refractivity contribution >= 4 is 42.3 Å². The lowest BCUT2D eigenvalue weighted by atomic mass is 10.2. The molecule has 5 rings (SSSR count). The Labute approximate surface area is 188 Å². The van der Waals surface area contributed by atoms with Gasteiger partial charge in [-0.15, -0.1) is 16.4 Å². The van der Waals surface area contributed by atoms with Crippen molar-refractivity contribution in [2.24, 2.45) is 0 Å². The third-order valence-electron chi connectivity index (χ3n) is 5.25. The van der Waals surface area contributed by atoms with E-state index in [1.807, 2.05) is 61.7 Å². The minimum Gasteiger partial charge on any atom is -0.424 e. The van der Waals surface area contributed by atoms with Gasteiger partial charge in [0, 0.05) is 39.8 Å². The maximum absolute atomic E-state index is 13.1. The standard InChI is InChI=1S/C22H21N5O3S2/c1-3-27-21(24-25-22(27)30-16-9-8-15-10-11-23-18(15)12-16)14(2)26-32(28,29)20-13-31-19-7-5-4-6-17(19)20/h4-14,23,26H,3H2,1-2H3/t14-/m1/s1. The molecule has 0 spiro atoms. The van der Waals surface area contributed by atoms with Crippen molar-refractivity contribution in [1.82, 2.24) is 24.5 Å². The van der Waals surface area contributed by atoms with Gasteiger partial charge < -0.3 is 9.72 Å². The molecule has 32 heavy (non-hydrogen) atoms. The van der Waals surface area contributed by atoms with Gasteiger partial charge in [-0.05, 0) is 43.5 Å². The Morgan fingerprint density at radius 3 is 2.88 bits per heavy atom. The Balaban J connectivity index is 1.41. The summed E-state index contributed by atoms with van der Waals surface area (Å²) >= 11 is 1.40. The van der Waals surface area contributed by atoms with Crippen molar-refractivity contribution in [3.8, 4) is 11.8 Å². The van der Waals surface area contributed by atoms with Gasteiger partial charge in [0.05, 0.1) is 6.04 Å². The minimum atomic E-state index is -3.75. The first-order valence-electron chi connectivity index (χ1n) is 10.1. The molecule has 2 aromatic carbocycles. The highest BCUT2D eigenvalue weighted by Gasteiger charge is 2.26. The van der Waals surface area contributed by atoms with Crippen LogP contribution in [0.2, 0.25) is 0 Å². The second-order valence-electron chi connectivity index (χ2n) is 7.35. The van der Waals surface area contributed by atoms with Gasteiger partial charge in [0.25, 0.3) is 0 Å². The summed E-state index contributed by atoms with van der Waals surface area (Å²) in [5.74, 6) is 1.10. The van der Waals surface area contributed by atoms with E-state index < -0.39 is 16.1 Å². The Morgan fingerprint density at radius 1 is 1.19 bits per heavy atom. The predicted octanol–water partition coefficient (Wildman–Crippen LogP) is 4.83. The monoisotopic (exact) mass is 467 g/mol. The number of nitrogens with one attached hydrogen (secondary N) is 2. The molecule has 8 nitrogen and oxygen atoms in total. The SMILES string of the molecule is CCn1c(Oc2ccc3cc[nH]c3c2)nnc1[C@@H](C)NS(=O)(=O)c1csc2ccccc12. The fourth-order valence-corrected chi connectivity index (χ4v) is 6.40. The van der Waals surface area contributed by atoms with Gasteiger partial charge in [-0.2, -0.15) is 0 Å². The molecule has 5 aromatic rings. The molecule has 0 aliphatic carbocycles. The second kappa shape index (κ2) is 8.05. The number of rotatable bonds is 7. The van der Waals surface area contributed by atoms with E-state index in [0.29, 0.717) is 29.5 Å². The topological polar surface area (TPSA) is 102 Å². The quantitative estimate of drug-likeness (QED) is 0.357. The Hall–Kier alpha value is -3.21. The molecular formula is C22H21N5O3S2. The molecule has 0 aliphatic rings. The van der Waals surface area contributed by atoms with Crippen LogP contribution in [-0.4, -0.2) is 28.2 Å². The molecule has 164 valence electrons. The number of benzene rings is 2. The lowest BCUT2D eigenvalue weighted by Gasteiger charge is -2.15. The van der Waals surface area contributed by atoms with Crippen molar-refractivity contribution in [2.75, 3.05) is 0 Å². The van der Waals surface area contributed by atoms with Crippen LogP contribution in [0, 0.1) is 0 Å². The smallest absolute Gasteiger partial charge is 0.322 e. The summed E-state index contributed by atoms with van der Waals surface area (Å²) in [5, 5.41) is 11.8. The first kappa shape index (κ1) is 20.7. The number of sulfonamides is 1. The Morgan fingerprint density at radius 2 is 2.03 bits per heavy atom. The number of ether oxygens (including phenoxy) is 1. The van der Waals surface area contributed by atoms with Crippen LogP contribution in [0.4, 0.5) is 0 Å². The molecular weight excluding hydrogens is 446 g/mol. The lowest BCUT2D eigenvalue weighted by Crippen LogP contribution is -2.28. The van der Waals surface area contributed by atoms with Crippen LogP contribution in [0.15, 0.2) is 65.0 Å². The summed E-state index contributed by atoms with van der Waals surface area (Å²) < 4.78 is 37.6. The normalized spacial score (nSPS) is 13.1. The number of aromatic nitrogens is 4. The zero-order valence-electron chi connectivity index (χ0n) is 17.4. The van der Waals surface area contributed by atoms with E-state index in [-0.39, 0.29) is 4.90 Å². The molecule has 0 saturated heterocycles. The fourth-order valence-electron chi connectivity index (χ4n) is 3.70. The predicted molar refractivity (Wildman–Crippen MR) is 125 cm³/mol. The van der Waals surface area contributed by atoms with Gasteiger partial charge in [0.15, 0.2) is 5.82 Å². The van der Waals surface area contributed by atoms with Crippen molar-refractivity contribution < 1.29 is 13.2 Å². The van der Waals surface area contributed by atoms with Crippen LogP contribution in [0.3, 0.4) is 0 Å². The molecule has 0 radical (unpaired) electrons. The third-order valence-corrected chi connectivity index (χ3v) is 7.94. The summed E-state index contributed by atoms with van der Waals surface area (Å²) in [6.07, 6.45) is 1.87. The second-order valence-corrected chi connectivity index (χ2v) is 9.95. The zero-order chi connectivity index (χ0) is 22.3. The van der Waals surface area contributed by atoms with Gasteiger partial charge in [0.2, 0.25) is 10.0 Å². The molecule has 0 aliphatic heterocycles. The molecule has 0 unspecified atom stereocenters. The first-order valence-corrected chi connectivity index (χ1v) is 12.5. The highest BCUT2D eigenvalue weighted by Crippen LogP contribution is 2.31. The summed E-state index contributed by atoms with van der Waals surface area (Å²) in [7, 11) is -3.75. The minimum absolute atomic E-state index is 0.267. The number of hydrogen-bond donors (Lipinski definition) is 2. The van der Waals surface area contributed by atoms with E-state index in [0.717, 1.165) is 15.6 Å². The first-order chi connectivity index (χ1) is 15.5. The van der Waals surface area contributed by atoms with E-state index in [1.165, 1.54) is 11.3 Å². The summed E-state index contributed by atoms with van der Waals surface area (Å²) in [5.41, 5.74) is 0.953. The Bertz CT molecular complexity index is 1520. The van der Waals surface area contributed by atoms with Gasteiger partial charge in [-0.1, -0.05) is 23.3 Å². The van der Waals surface area contributed by atoms with Crippen LogP contribution >= 0.6 is 11.3 Å². The van der Waals surface area contributed by atoms with Crippen LogP contribution < -0.4 is 9.46 Å². The van der Waals surface area contributed by atoms with Crippen LogP contribution in [-0.2, 0) is 16.6 Å². The van der Waals surface area contributed by atoms with Crippen molar-refractivity contribution in [3.05, 3.63) is 65.9 Å². The Kier molecular flexibility index (Phi) is 5.20. The molecule has 3 heterocycles. The van der Waals surface area contributed by atoms with Crippen LogP contribution in [0.5, 0.6) is 11.8 Å². The van der Waals surface area contributed by atoms with Gasteiger partial charge >= 0.3 is 6.01 Å². The largest absolute Gasteiger partial charge is 0.424 e. The maximum atomic E-state index is 13.1. The van der Waals surface area contributed by atoms with E-state index in [2.05, 4.69) is 19.9 Å². The van der Waals surface area contributed by atoms with Gasteiger partial charge in [0.1, 0.15) is 10.6 Å². The molecule has 0 fully saturated rings. The number of nitrogens with zero attached hydrogens (tertiary/aromatic N) is 3. The molecule has 2 N–H and O–H groups in total. The number of H-pyrrole nitrogens is 1. The lowest BCUT2D eigenvalue weighted by molar-refractivity contribution is 0.408. The molecule has 1 atom stereocenters. The van der Waals surface area contributed by atoms with E-state index in [4.69, 9.17) is 4.74 Å². The summed E-state index contributed by atoms with van der Waals surface area (Å²) in [4.78, 5) is 3.42. The highest BCUT2D eigenvalue weighted by atomic mass is 32.2. The average Bonchev–Trinajstić information content (AvgIpc) is 3.51. The zero-order valence-corrected chi connectivity index (χ0v) is 19.1. The summed E-state index contributed by atoms with van der Waals surface area (Å²) in [6, 6.07) is 14.8. The number of fused-ring (bicyclic) bond motifs is 2. The summed E-state index contributed by atoms with van der Waals surface area (Å²) in [6.45, 7) is 4.20. The highest BCUT2D eigenvalue weighted by molar-refractivity contribution is 7.90. The van der Waals surface area contributed by atoms with E-state index in [9.17, 15) is 8.42 Å². The fraction of sp³-hybridized carbons (Fsp3) is 0.182. The van der Waals surface area contributed by atoms with Gasteiger partial charge in [-0.25, -0.2) is 13.1 Å². The van der Waals surface area contributed by atoms with Crippen molar-refractivity contribution in [3.63, 3.8) is 0 Å². The van der Waals surface area contributed by atoms with Crippen molar-refractivity contribution in [2.45, 2.75) is 31.3 Å². The van der Waals surface area contributed by atoms with E-state index in [1.54, 1.807) is 16.9 Å². The van der Waals surface area contributed by atoms with E-state index >= 15 is 0 Å². The average molecular weight is 468 g/mol. The van der Waals surface area contributed by atoms with Crippen molar-refractivity contribution in [1.29, 1.82) is 0 Å². The molecule has 0 amide bonds. The van der Waals surface area contributed by atoms with Crippen LogP contribution in [0.25, 0.3) is 21.0 Å². The molecule has 0 bridgehead atoms. The maximum Gasteiger partial charge on any atom is 0.322 e.